The van der Waals surface area contributed by atoms with Crippen molar-refractivity contribution >= 4 is 18.0 Å². The number of carbonyl (C=O) groups is 2. The van der Waals surface area contributed by atoms with Crippen LogP contribution in [0.25, 0.3) is 6.08 Å². The van der Waals surface area contributed by atoms with Crippen LogP contribution < -0.4 is 0 Å². The molecule has 0 heterocycles. The van der Waals surface area contributed by atoms with E-state index in [1.54, 1.807) is 31.2 Å². The molecule has 1 aromatic rings. The minimum Gasteiger partial charge on any atom is -0.385 e. The number of carbonyl (C=O) groups excluding carboxylic acids is 2. The summed E-state index contributed by atoms with van der Waals surface area (Å²) in [6, 6.07) is 6.53. The fraction of sp³-hybridized carbons (Fsp3) is 0.231. The molecule has 0 aromatic heterocycles. The number of ether oxygens (including phenoxy) is 1. The average molecular weight is 308 g/mol. The maximum Gasteiger partial charge on any atom is 0.465 e. The number of rotatable bonds is 3. The molecule has 0 bridgehead atoms. The van der Waals surface area contributed by atoms with E-state index in [0.29, 0.717) is 11.6 Å². The third-order valence-electron chi connectivity index (χ3n) is 2.29. The van der Waals surface area contributed by atoms with E-state index in [9.17, 15) is 31.5 Å². The lowest BCUT2D eigenvalue weighted by Gasteiger charge is -2.16. The van der Waals surface area contributed by atoms with Gasteiger partial charge in [0.25, 0.3) is 0 Å². The summed E-state index contributed by atoms with van der Waals surface area (Å²) in [5, 5.41) is 0. The molecule has 3 nitrogen and oxygen atoms in total. The van der Waals surface area contributed by atoms with E-state index in [-0.39, 0.29) is 0 Å². The molecule has 0 spiro atoms. The van der Waals surface area contributed by atoms with Crippen LogP contribution in [0.5, 0.6) is 0 Å². The van der Waals surface area contributed by atoms with Crippen LogP contribution in [-0.2, 0) is 14.3 Å². The molecular weight excluding hydrogens is 299 g/mol. The van der Waals surface area contributed by atoms with Gasteiger partial charge in [-0.25, -0.2) is 9.59 Å². The Balaban J connectivity index is 2.70. The second-order valence-electron chi connectivity index (χ2n) is 4.02. The van der Waals surface area contributed by atoms with Gasteiger partial charge in [-0.05, 0) is 18.6 Å². The van der Waals surface area contributed by atoms with Crippen LogP contribution in [0.3, 0.4) is 0 Å². The lowest BCUT2D eigenvalue weighted by Crippen LogP contribution is -2.45. The summed E-state index contributed by atoms with van der Waals surface area (Å²) in [6.07, 6.45) is -4.43. The standard InChI is InChI=1S/C13H9F5O3/c1-8-2-4-9(5-3-8)6-7-10(19)21-11(20)12(14,15)13(16,17)18/h2-7H,1H3/b7-6+. The number of hydrogen-bond donors (Lipinski definition) is 0. The van der Waals surface area contributed by atoms with E-state index >= 15 is 0 Å². The quantitative estimate of drug-likeness (QED) is 0.372. The van der Waals surface area contributed by atoms with Crippen molar-refractivity contribution in [2.45, 2.75) is 19.0 Å². The molecule has 0 atom stereocenters. The predicted molar refractivity (Wildman–Crippen MR) is 62.3 cm³/mol. The highest BCUT2D eigenvalue weighted by Crippen LogP contribution is 2.36. The van der Waals surface area contributed by atoms with Crippen molar-refractivity contribution in [1.82, 2.24) is 0 Å². The summed E-state index contributed by atoms with van der Waals surface area (Å²) < 4.78 is 64.0. The fourth-order valence-corrected chi connectivity index (χ4v) is 1.15. The predicted octanol–water partition coefficient (Wildman–Crippen LogP) is 3.28. The molecule has 0 fully saturated rings. The Labute approximate surface area is 116 Å². The summed E-state index contributed by atoms with van der Waals surface area (Å²) in [5.74, 6) is -10.3. The molecular formula is C13H9F5O3. The van der Waals surface area contributed by atoms with Gasteiger partial charge in [0.05, 0.1) is 0 Å². The summed E-state index contributed by atoms with van der Waals surface area (Å²) in [6.45, 7) is 1.81. The van der Waals surface area contributed by atoms with Crippen LogP contribution in [0.4, 0.5) is 22.0 Å². The molecule has 0 unspecified atom stereocenters. The number of alkyl halides is 5. The van der Waals surface area contributed by atoms with Crippen LogP contribution in [0.2, 0.25) is 0 Å². The minimum atomic E-state index is -6.12. The minimum absolute atomic E-state index is 0.479. The molecule has 1 aromatic carbocycles. The number of benzene rings is 1. The lowest BCUT2D eigenvalue weighted by molar-refractivity contribution is -0.278. The van der Waals surface area contributed by atoms with E-state index in [1.807, 2.05) is 0 Å². The average Bonchev–Trinajstić information content (AvgIpc) is 2.36. The Bertz CT molecular complexity index is 558. The van der Waals surface area contributed by atoms with Gasteiger partial charge in [-0.1, -0.05) is 29.8 Å². The van der Waals surface area contributed by atoms with E-state index in [1.165, 1.54) is 0 Å². The van der Waals surface area contributed by atoms with E-state index < -0.39 is 24.0 Å². The summed E-state index contributed by atoms with van der Waals surface area (Å²) in [5.41, 5.74) is 1.40. The van der Waals surface area contributed by atoms with Crippen LogP contribution >= 0.6 is 0 Å². The Kier molecular flexibility index (Phi) is 4.82. The molecule has 0 N–H and O–H groups in total. The smallest absolute Gasteiger partial charge is 0.385 e. The maximum absolute atomic E-state index is 12.5. The van der Waals surface area contributed by atoms with Crippen molar-refractivity contribution in [3.8, 4) is 0 Å². The van der Waals surface area contributed by atoms with Gasteiger partial charge in [0.15, 0.2) is 0 Å². The van der Waals surface area contributed by atoms with E-state index in [4.69, 9.17) is 0 Å². The molecule has 0 radical (unpaired) electrons. The largest absolute Gasteiger partial charge is 0.465 e. The molecule has 114 valence electrons. The van der Waals surface area contributed by atoms with Crippen LogP contribution in [0.15, 0.2) is 30.3 Å². The molecule has 1 rings (SSSR count). The van der Waals surface area contributed by atoms with Gasteiger partial charge in [0.2, 0.25) is 0 Å². The summed E-state index contributed by atoms with van der Waals surface area (Å²) in [7, 11) is 0. The van der Waals surface area contributed by atoms with Crippen LogP contribution in [0.1, 0.15) is 11.1 Å². The van der Waals surface area contributed by atoms with Crippen molar-refractivity contribution in [3.05, 3.63) is 41.5 Å². The highest BCUT2D eigenvalue weighted by Gasteiger charge is 2.65. The van der Waals surface area contributed by atoms with Crippen molar-refractivity contribution in [3.63, 3.8) is 0 Å². The Hall–Kier alpha value is -2.25. The SMILES string of the molecule is Cc1ccc(/C=C/C(=O)OC(=O)C(F)(F)C(F)(F)F)cc1. The van der Waals surface area contributed by atoms with Crippen molar-refractivity contribution in [1.29, 1.82) is 0 Å². The number of aryl methyl sites for hydroxylation is 1. The zero-order chi connectivity index (χ0) is 16.3. The van der Waals surface area contributed by atoms with E-state index in [0.717, 1.165) is 11.6 Å². The first-order valence-electron chi connectivity index (χ1n) is 5.49. The second kappa shape index (κ2) is 6.02. The Morgan fingerprint density at radius 3 is 2.05 bits per heavy atom. The molecule has 0 saturated heterocycles. The number of halogens is 5. The zero-order valence-corrected chi connectivity index (χ0v) is 10.6. The van der Waals surface area contributed by atoms with Crippen molar-refractivity contribution < 1.29 is 36.3 Å². The monoisotopic (exact) mass is 308 g/mol. The van der Waals surface area contributed by atoms with Gasteiger partial charge in [-0.15, -0.1) is 0 Å². The lowest BCUT2D eigenvalue weighted by atomic mass is 10.1. The molecule has 0 aliphatic heterocycles. The number of esters is 2. The van der Waals surface area contributed by atoms with E-state index in [2.05, 4.69) is 4.74 Å². The Morgan fingerprint density at radius 1 is 1.05 bits per heavy atom. The van der Waals surface area contributed by atoms with Gasteiger partial charge < -0.3 is 4.74 Å². The van der Waals surface area contributed by atoms with Gasteiger partial charge in [0.1, 0.15) is 0 Å². The fourth-order valence-electron chi connectivity index (χ4n) is 1.15. The highest BCUT2D eigenvalue weighted by molar-refractivity contribution is 5.97. The molecule has 0 saturated carbocycles. The van der Waals surface area contributed by atoms with Crippen LogP contribution in [0, 0.1) is 6.92 Å². The van der Waals surface area contributed by atoms with Gasteiger partial charge in [0, 0.05) is 6.08 Å². The van der Waals surface area contributed by atoms with Crippen LogP contribution in [-0.4, -0.2) is 24.0 Å². The molecule has 21 heavy (non-hydrogen) atoms. The first-order chi connectivity index (χ1) is 9.54. The van der Waals surface area contributed by atoms with Gasteiger partial charge in [-0.2, -0.15) is 22.0 Å². The third-order valence-corrected chi connectivity index (χ3v) is 2.29. The van der Waals surface area contributed by atoms with Crippen molar-refractivity contribution in [2.24, 2.45) is 0 Å². The zero-order valence-electron chi connectivity index (χ0n) is 10.6. The first kappa shape index (κ1) is 16.8. The van der Waals surface area contributed by atoms with Gasteiger partial charge >= 0.3 is 24.0 Å². The molecule has 0 amide bonds. The number of hydrogen-bond acceptors (Lipinski definition) is 3. The first-order valence-corrected chi connectivity index (χ1v) is 5.49. The topological polar surface area (TPSA) is 43.4 Å². The van der Waals surface area contributed by atoms with Crippen molar-refractivity contribution in [2.75, 3.05) is 0 Å². The molecule has 8 heteroatoms. The maximum atomic E-state index is 12.5. The molecule has 0 aliphatic carbocycles. The summed E-state index contributed by atoms with van der Waals surface area (Å²) in [4.78, 5) is 21.7. The Morgan fingerprint density at radius 2 is 1.57 bits per heavy atom. The molecule has 0 aliphatic rings. The normalized spacial score (nSPS) is 12.5. The highest BCUT2D eigenvalue weighted by atomic mass is 19.4. The summed E-state index contributed by atoms with van der Waals surface area (Å²) >= 11 is 0. The second-order valence-corrected chi connectivity index (χ2v) is 4.02. The third kappa shape index (κ3) is 4.37. The van der Waals surface area contributed by atoms with Gasteiger partial charge in [-0.3, -0.25) is 0 Å².